The zero-order chi connectivity index (χ0) is 25.1. The van der Waals surface area contributed by atoms with Gasteiger partial charge in [-0.25, -0.2) is 9.97 Å². The van der Waals surface area contributed by atoms with E-state index >= 15 is 0 Å². The number of carbonyl (C=O) groups excluding carboxylic acids is 2. The number of amides is 2. The van der Waals surface area contributed by atoms with Gasteiger partial charge in [0.2, 0.25) is 11.9 Å². The number of carbonyl (C=O) groups is 2. The maximum atomic E-state index is 12.9. The summed E-state index contributed by atoms with van der Waals surface area (Å²) in [6.07, 6.45) is 0. The van der Waals surface area contributed by atoms with E-state index in [4.69, 9.17) is 20.2 Å². The zero-order valence-electron chi connectivity index (χ0n) is 19.8. The van der Waals surface area contributed by atoms with Gasteiger partial charge in [0.05, 0.1) is 25.4 Å². The van der Waals surface area contributed by atoms with Crippen molar-refractivity contribution < 1.29 is 19.1 Å². The van der Waals surface area contributed by atoms with E-state index in [2.05, 4.69) is 15.6 Å². The first kappa shape index (κ1) is 23.5. The quantitative estimate of drug-likeness (QED) is 0.371. The number of nitrogens with zero attached hydrogens (tertiary/aromatic N) is 2. The Morgan fingerprint density at radius 1 is 0.914 bits per heavy atom. The van der Waals surface area contributed by atoms with Crippen LogP contribution in [0.15, 0.2) is 54.6 Å². The molecule has 0 atom stereocenters. The first-order chi connectivity index (χ1) is 16.9. The Morgan fingerprint density at radius 3 is 2.20 bits per heavy atom. The average molecular weight is 472 g/mol. The molecule has 2 amide bonds. The van der Waals surface area contributed by atoms with Crippen LogP contribution in [-0.4, -0.2) is 43.0 Å². The normalized spacial score (nSPS) is 10.6. The summed E-state index contributed by atoms with van der Waals surface area (Å²) in [6.45, 7) is 1.91. The number of ether oxygens (including phenoxy) is 2. The van der Waals surface area contributed by atoms with Crippen molar-refractivity contribution in [2.45, 2.75) is 6.92 Å². The molecule has 178 valence electrons. The third kappa shape index (κ3) is 4.56. The Kier molecular flexibility index (Phi) is 6.50. The predicted molar refractivity (Wildman–Crippen MR) is 135 cm³/mol. The zero-order valence-corrected chi connectivity index (χ0v) is 19.8. The van der Waals surface area contributed by atoms with Crippen molar-refractivity contribution in [3.63, 3.8) is 0 Å². The number of anilines is 2. The number of methoxy groups -OCH3 is 2. The Bertz CT molecular complexity index is 1430. The monoisotopic (exact) mass is 471 g/mol. The molecule has 9 nitrogen and oxygen atoms in total. The molecule has 9 heteroatoms. The van der Waals surface area contributed by atoms with Gasteiger partial charge >= 0.3 is 0 Å². The van der Waals surface area contributed by atoms with Crippen molar-refractivity contribution in [3.05, 3.63) is 71.3 Å². The SMILES string of the molecule is CNc1nc(-c2cccc(NC(=O)c3ccc(C(N)=O)cc3)c2C)c2cc(OC)c(OC)cc2n1. The number of nitrogens with one attached hydrogen (secondary N) is 2. The van der Waals surface area contributed by atoms with E-state index in [1.807, 2.05) is 31.2 Å². The molecule has 0 aliphatic rings. The minimum absolute atomic E-state index is 0.309. The second-order valence-electron chi connectivity index (χ2n) is 7.74. The first-order valence-electron chi connectivity index (χ1n) is 10.8. The van der Waals surface area contributed by atoms with Crippen LogP contribution in [0.1, 0.15) is 26.3 Å². The van der Waals surface area contributed by atoms with E-state index in [9.17, 15) is 9.59 Å². The van der Waals surface area contributed by atoms with Gasteiger partial charge in [-0.05, 0) is 48.9 Å². The Morgan fingerprint density at radius 2 is 1.57 bits per heavy atom. The molecule has 4 N–H and O–H groups in total. The lowest BCUT2D eigenvalue weighted by Gasteiger charge is -2.16. The van der Waals surface area contributed by atoms with Gasteiger partial charge in [0.15, 0.2) is 11.5 Å². The number of fused-ring (bicyclic) bond motifs is 1. The number of rotatable bonds is 7. The van der Waals surface area contributed by atoms with E-state index in [1.54, 1.807) is 39.5 Å². The second-order valence-corrected chi connectivity index (χ2v) is 7.74. The van der Waals surface area contributed by atoms with Gasteiger partial charge in [-0.3, -0.25) is 9.59 Å². The molecule has 0 bridgehead atoms. The van der Waals surface area contributed by atoms with Gasteiger partial charge in [-0.1, -0.05) is 12.1 Å². The van der Waals surface area contributed by atoms with Gasteiger partial charge in [-0.2, -0.15) is 0 Å². The summed E-state index contributed by atoms with van der Waals surface area (Å²) >= 11 is 0. The van der Waals surface area contributed by atoms with Crippen LogP contribution >= 0.6 is 0 Å². The molecule has 0 aliphatic heterocycles. The topological polar surface area (TPSA) is 128 Å². The van der Waals surface area contributed by atoms with Crippen molar-refractivity contribution >= 4 is 34.4 Å². The summed E-state index contributed by atoms with van der Waals surface area (Å²) in [6, 6.07) is 15.4. The van der Waals surface area contributed by atoms with E-state index in [0.29, 0.717) is 45.5 Å². The minimum Gasteiger partial charge on any atom is -0.493 e. The largest absolute Gasteiger partial charge is 0.493 e. The summed E-state index contributed by atoms with van der Waals surface area (Å²) in [5.41, 5.74) is 9.66. The van der Waals surface area contributed by atoms with Crippen LogP contribution in [0, 0.1) is 6.92 Å². The summed E-state index contributed by atoms with van der Waals surface area (Å²) in [4.78, 5) is 33.4. The smallest absolute Gasteiger partial charge is 0.255 e. The molecular weight excluding hydrogens is 446 g/mol. The molecule has 0 spiro atoms. The minimum atomic E-state index is -0.548. The van der Waals surface area contributed by atoms with Crippen LogP contribution in [0.4, 0.5) is 11.6 Å². The van der Waals surface area contributed by atoms with Crippen LogP contribution in [0.5, 0.6) is 11.5 Å². The molecule has 1 aromatic heterocycles. The molecule has 35 heavy (non-hydrogen) atoms. The third-order valence-corrected chi connectivity index (χ3v) is 5.69. The summed E-state index contributed by atoms with van der Waals surface area (Å²) in [5.74, 6) is 0.711. The van der Waals surface area contributed by atoms with E-state index in [1.165, 1.54) is 12.1 Å². The van der Waals surface area contributed by atoms with Crippen LogP contribution in [-0.2, 0) is 0 Å². The molecule has 0 radical (unpaired) electrons. The summed E-state index contributed by atoms with van der Waals surface area (Å²) in [5, 5.41) is 6.72. The van der Waals surface area contributed by atoms with Crippen molar-refractivity contribution in [3.8, 4) is 22.8 Å². The number of hydrogen-bond acceptors (Lipinski definition) is 7. The van der Waals surface area contributed by atoms with Gasteiger partial charge in [0, 0.05) is 40.9 Å². The standard InChI is InChI=1S/C26H25N5O4/c1-14-17(6-5-7-19(14)29-25(33)16-10-8-15(9-11-16)24(27)32)23-18-12-21(34-3)22(35-4)13-20(18)30-26(28-2)31-23/h5-13H,1-4H3,(H2,27,32)(H,29,33)(H,28,30,31). The fourth-order valence-electron chi connectivity index (χ4n) is 3.78. The Balaban J connectivity index is 1.78. The van der Waals surface area contributed by atoms with Crippen LogP contribution < -0.4 is 25.8 Å². The number of benzene rings is 3. The van der Waals surface area contributed by atoms with Crippen LogP contribution in [0.25, 0.3) is 22.2 Å². The molecule has 0 unspecified atom stereocenters. The van der Waals surface area contributed by atoms with Gasteiger partial charge < -0.3 is 25.8 Å². The fraction of sp³-hybridized carbons (Fsp3) is 0.154. The maximum Gasteiger partial charge on any atom is 0.255 e. The molecule has 4 rings (SSSR count). The van der Waals surface area contributed by atoms with Crippen molar-refractivity contribution in [1.82, 2.24) is 9.97 Å². The highest BCUT2D eigenvalue weighted by atomic mass is 16.5. The Labute approximate surface area is 202 Å². The average Bonchev–Trinajstić information content (AvgIpc) is 2.88. The molecule has 3 aromatic carbocycles. The highest BCUT2D eigenvalue weighted by Crippen LogP contribution is 2.38. The molecular formula is C26H25N5O4. The molecule has 4 aromatic rings. The third-order valence-electron chi connectivity index (χ3n) is 5.69. The fourth-order valence-corrected chi connectivity index (χ4v) is 3.78. The van der Waals surface area contributed by atoms with E-state index in [-0.39, 0.29) is 5.91 Å². The molecule has 0 saturated carbocycles. The van der Waals surface area contributed by atoms with Crippen molar-refractivity contribution in [1.29, 1.82) is 0 Å². The second kappa shape index (κ2) is 9.68. The first-order valence-corrected chi connectivity index (χ1v) is 10.8. The lowest BCUT2D eigenvalue weighted by atomic mass is 9.99. The van der Waals surface area contributed by atoms with Gasteiger partial charge in [0.1, 0.15) is 0 Å². The summed E-state index contributed by atoms with van der Waals surface area (Å²) in [7, 11) is 4.89. The highest BCUT2D eigenvalue weighted by molar-refractivity contribution is 6.06. The molecule has 0 aliphatic carbocycles. The van der Waals surface area contributed by atoms with Crippen LogP contribution in [0.2, 0.25) is 0 Å². The highest BCUT2D eigenvalue weighted by Gasteiger charge is 2.18. The van der Waals surface area contributed by atoms with Crippen molar-refractivity contribution in [2.75, 3.05) is 31.9 Å². The van der Waals surface area contributed by atoms with Gasteiger partial charge in [0.25, 0.3) is 5.91 Å². The maximum absolute atomic E-state index is 12.9. The molecule has 1 heterocycles. The van der Waals surface area contributed by atoms with E-state index in [0.717, 1.165) is 16.5 Å². The van der Waals surface area contributed by atoms with Crippen molar-refractivity contribution in [2.24, 2.45) is 5.73 Å². The Hall–Kier alpha value is -4.66. The summed E-state index contributed by atoms with van der Waals surface area (Å²) < 4.78 is 10.9. The number of aromatic nitrogens is 2. The number of primary amides is 1. The molecule has 0 fully saturated rings. The number of hydrogen-bond donors (Lipinski definition) is 3. The van der Waals surface area contributed by atoms with Gasteiger partial charge in [-0.15, -0.1) is 0 Å². The molecule has 0 saturated heterocycles. The predicted octanol–water partition coefficient (Wildman–Crippen LogP) is 4.02. The van der Waals surface area contributed by atoms with Crippen LogP contribution in [0.3, 0.4) is 0 Å². The lowest BCUT2D eigenvalue weighted by Crippen LogP contribution is -2.14. The number of nitrogens with two attached hydrogens (primary N) is 1. The van der Waals surface area contributed by atoms with E-state index < -0.39 is 5.91 Å². The lowest BCUT2D eigenvalue weighted by molar-refractivity contribution is 0.0995.